The summed E-state index contributed by atoms with van der Waals surface area (Å²) in [6, 6.07) is 12.8. The zero-order valence-electron chi connectivity index (χ0n) is 23.0. The van der Waals surface area contributed by atoms with Crippen molar-refractivity contribution in [1.82, 2.24) is 5.32 Å². The van der Waals surface area contributed by atoms with Crippen LogP contribution in [-0.4, -0.2) is 37.7 Å². The summed E-state index contributed by atoms with van der Waals surface area (Å²) in [6.07, 6.45) is 3.66. The highest BCUT2D eigenvalue weighted by Crippen LogP contribution is 2.37. The van der Waals surface area contributed by atoms with Gasteiger partial charge in [-0.25, -0.2) is 9.59 Å². The van der Waals surface area contributed by atoms with Crippen LogP contribution in [0, 0.1) is 20.8 Å². The predicted octanol–water partition coefficient (Wildman–Crippen LogP) is 6.60. The number of benzene rings is 2. The minimum absolute atomic E-state index is 0.308. The zero-order chi connectivity index (χ0) is 28.2. The Hall–Kier alpha value is -3.85. The topological polar surface area (TPSA) is 106 Å². The maximum Gasteiger partial charge on any atom is 0.331 e. The molecular weight excluding hydrogens is 514 g/mol. The van der Waals surface area contributed by atoms with Crippen molar-refractivity contribution in [3.8, 4) is 16.2 Å². The number of rotatable bonds is 7. The number of urea groups is 1. The molecule has 39 heavy (non-hydrogen) atoms. The monoisotopic (exact) mass is 549 g/mol. The molecule has 1 aliphatic rings. The van der Waals surface area contributed by atoms with E-state index in [0.29, 0.717) is 29.2 Å². The molecule has 0 unspecified atom stereocenters. The summed E-state index contributed by atoms with van der Waals surface area (Å²) in [5.41, 5.74) is 3.88. The van der Waals surface area contributed by atoms with Crippen molar-refractivity contribution in [3.05, 3.63) is 64.0 Å². The van der Waals surface area contributed by atoms with Crippen LogP contribution >= 0.6 is 11.3 Å². The normalized spacial score (nSPS) is 14.3. The van der Waals surface area contributed by atoms with Crippen molar-refractivity contribution in [3.63, 3.8) is 0 Å². The number of esters is 1. The summed E-state index contributed by atoms with van der Waals surface area (Å²) < 4.78 is 10.3. The van der Waals surface area contributed by atoms with E-state index < -0.39 is 23.4 Å². The van der Waals surface area contributed by atoms with Gasteiger partial charge in [0.25, 0.3) is 5.91 Å². The molecule has 1 saturated carbocycles. The zero-order valence-corrected chi connectivity index (χ0v) is 23.8. The van der Waals surface area contributed by atoms with E-state index in [0.717, 1.165) is 52.1 Å². The molecule has 1 fully saturated rings. The number of aryl methyl sites for hydroxylation is 3. The highest BCUT2D eigenvalue weighted by atomic mass is 32.1. The van der Waals surface area contributed by atoms with Crippen LogP contribution in [0.15, 0.2) is 42.5 Å². The van der Waals surface area contributed by atoms with Crippen LogP contribution in [-0.2, 0) is 9.53 Å². The molecule has 0 spiro atoms. The standard InChI is InChI=1S/C30H35N3O5S/c1-18-15-19(2)25(20(3)16-18)32-29(36)31-23-17-24(21-9-11-22(37-4)12-10-21)39-26(23)27(34)33-30(28(35)38-5)13-7-6-8-14-30/h9-12,15-17H,6-8,13-14H2,1-5H3,(H,33,34)(H2,31,32,36). The van der Waals surface area contributed by atoms with E-state index in [1.165, 1.54) is 18.4 Å². The minimum atomic E-state index is -1.08. The molecule has 4 rings (SSSR count). The van der Waals surface area contributed by atoms with E-state index >= 15 is 0 Å². The van der Waals surface area contributed by atoms with Crippen molar-refractivity contribution >= 4 is 40.6 Å². The number of hydrogen-bond acceptors (Lipinski definition) is 6. The molecule has 206 valence electrons. The molecule has 0 aliphatic heterocycles. The van der Waals surface area contributed by atoms with Crippen LogP contribution < -0.4 is 20.7 Å². The van der Waals surface area contributed by atoms with Gasteiger partial charge in [-0.3, -0.25) is 4.79 Å². The van der Waals surface area contributed by atoms with E-state index in [4.69, 9.17) is 9.47 Å². The van der Waals surface area contributed by atoms with Crippen LogP contribution in [0.3, 0.4) is 0 Å². The molecule has 2 aromatic carbocycles. The van der Waals surface area contributed by atoms with E-state index in [9.17, 15) is 14.4 Å². The summed E-state index contributed by atoms with van der Waals surface area (Å²) in [5, 5.41) is 8.78. The molecule has 1 aliphatic carbocycles. The van der Waals surface area contributed by atoms with Gasteiger partial charge in [-0.1, -0.05) is 37.0 Å². The number of carbonyl (C=O) groups excluding carboxylic acids is 3. The highest BCUT2D eigenvalue weighted by molar-refractivity contribution is 7.18. The van der Waals surface area contributed by atoms with Gasteiger partial charge in [-0.15, -0.1) is 11.3 Å². The molecule has 0 bridgehead atoms. The Kier molecular flexibility index (Phi) is 8.60. The second kappa shape index (κ2) is 11.9. The largest absolute Gasteiger partial charge is 0.497 e. The molecule has 0 atom stereocenters. The highest BCUT2D eigenvalue weighted by Gasteiger charge is 2.42. The Balaban J connectivity index is 1.66. The fraction of sp³-hybridized carbons (Fsp3) is 0.367. The second-order valence-corrected chi connectivity index (χ2v) is 11.1. The molecule has 9 heteroatoms. The number of thiophene rings is 1. The van der Waals surface area contributed by atoms with Crippen molar-refractivity contribution in [2.24, 2.45) is 0 Å². The predicted molar refractivity (Wildman–Crippen MR) is 155 cm³/mol. The smallest absolute Gasteiger partial charge is 0.331 e. The lowest BCUT2D eigenvalue weighted by Gasteiger charge is -2.35. The van der Waals surface area contributed by atoms with Gasteiger partial charge in [0.15, 0.2) is 0 Å². The summed E-state index contributed by atoms with van der Waals surface area (Å²) in [5.74, 6) is -0.155. The minimum Gasteiger partial charge on any atom is -0.497 e. The lowest BCUT2D eigenvalue weighted by Crippen LogP contribution is -2.56. The number of nitrogens with one attached hydrogen (secondary N) is 3. The lowest BCUT2D eigenvalue weighted by atomic mass is 9.81. The molecule has 1 heterocycles. The third kappa shape index (κ3) is 6.25. The quantitative estimate of drug-likeness (QED) is 0.288. The summed E-state index contributed by atoms with van der Waals surface area (Å²) in [4.78, 5) is 40.7. The van der Waals surface area contributed by atoms with Gasteiger partial charge < -0.3 is 25.4 Å². The summed E-state index contributed by atoms with van der Waals surface area (Å²) >= 11 is 1.25. The Labute approximate surface area is 233 Å². The third-order valence-electron chi connectivity index (χ3n) is 7.11. The van der Waals surface area contributed by atoms with Crippen molar-refractivity contribution < 1.29 is 23.9 Å². The average molecular weight is 550 g/mol. The van der Waals surface area contributed by atoms with Crippen molar-refractivity contribution in [1.29, 1.82) is 0 Å². The molecule has 0 radical (unpaired) electrons. The molecular formula is C30H35N3O5S. The maximum atomic E-state index is 13.7. The Morgan fingerprint density at radius 3 is 2.10 bits per heavy atom. The molecule has 0 saturated heterocycles. The Morgan fingerprint density at radius 2 is 1.51 bits per heavy atom. The van der Waals surface area contributed by atoms with Crippen LogP contribution in [0.5, 0.6) is 5.75 Å². The number of hydrogen-bond donors (Lipinski definition) is 3. The number of anilines is 2. The van der Waals surface area contributed by atoms with Crippen LogP contribution in [0.4, 0.5) is 16.2 Å². The maximum absolute atomic E-state index is 13.7. The van der Waals surface area contributed by atoms with E-state index in [1.807, 2.05) is 57.2 Å². The van der Waals surface area contributed by atoms with Gasteiger partial charge in [0.2, 0.25) is 0 Å². The third-order valence-corrected chi connectivity index (χ3v) is 8.30. The SMILES string of the molecule is COC(=O)C1(NC(=O)c2sc(-c3ccc(OC)cc3)cc2NC(=O)Nc2c(C)cc(C)cc2C)CCCCC1. The summed E-state index contributed by atoms with van der Waals surface area (Å²) in [6.45, 7) is 5.89. The molecule has 1 aromatic heterocycles. The lowest BCUT2D eigenvalue weighted by molar-refractivity contribution is -0.149. The van der Waals surface area contributed by atoms with E-state index in [-0.39, 0.29) is 0 Å². The molecule has 3 aromatic rings. The molecule has 3 amide bonds. The van der Waals surface area contributed by atoms with E-state index in [2.05, 4.69) is 16.0 Å². The number of amides is 3. The average Bonchev–Trinajstić information content (AvgIpc) is 3.34. The first-order valence-electron chi connectivity index (χ1n) is 13.0. The van der Waals surface area contributed by atoms with Gasteiger partial charge in [0.05, 0.1) is 19.9 Å². The first-order chi connectivity index (χ1) is 18.7. The second-order valence-electron chi connectivity index (χ2n) is 10.0. The van der Waals surface area contributed by atoms with Crippen molar-refractivity contribution in [2.75, 3.05) is 24.9 Å². The number of carbonyl (C=O) groups is 3. The van der Waals surface area contributed by atoms with Gasteiger partial charge in [0, 0.05) is 10.6 Å². The van der Waals surface area contributed by atoms with Crippen LogP contribution in [0.1, 0.15) is 58.5 Å². The van der Waals surface area contributed by atoms with Gasteiger partial charge in [0.1, 0.15) is 16.2 Å². The van der Waals surface area contributed by atoms with Gasteiger partial charge in [-0.05, 0) is 80.6 Å². The van der Waals surface area contributed by atoms with Crippen LogP contribution in [0.2, 0.25) is 0 Å². The first-order valence-corrected chi connectivity index (χ1v) is 13.8. The Bertz CT molecular complexity index is 1350. The van der Waals surface area contributed by atoms with Crippen molar-refractivity contribution in [2.45, 2.75) is 58.4 Å². The number of ether oxygens (including phenoxy) is 2. The van der Waals surface area contributed by atoms with Gasteiger partial charge in [-0.2, -0.15) is 0 Å². The molecule has 3 N–H and O–H groups in total. The van der Waals surface area contributed by atoms with Crippen LogP contribution in [0.25, 0.3) is 10.4 Å². The molecule has 8 nitrogen and oxygen atoms in total. The van der Waals surface area contributed by atoms with E-state index in [1.54, 1.807) is 13.2 Å². The first kappa shape index (κ1) is 28.2. The fourth-order valence-electron chi connectivity index (χ4n) is 5.20. The fourth-order valence-corrected chi connectivity index (χ4v) is 6.21. The number of methoxy groups -OCH3 is 2. The summed E-state index contributed by atoms with van der Waals surface area (Å²) in [7, 11) is 2.94. The Morgan fingerprint density at radius 1 is 0.872 bits per heavy atom. The van der Waals surface area contributed by atoms with Gasteiger partial charge >= 0.3 is 12.0 Å².